The van der Waals surface area contributed by atoms with E-state index in [1.54, 1.807) is 19.2 Å². The van der Waals surface area contributed by atoms with Crippen molar-refractivity contribution in [1.29, 1.82) is 0 Å². The lowest BCUT2D eigenvalue weighted by atomic mass is 10.1. The van der Waals surface area contributed by atoms with E-state index < -0.39 is 0 Å². The van der Waals surface area contributed by atoms with Crippen molar-refractivity contribution in [3.05, 3.63) is 46.7 Å². The van der Waals surface area contributed by atoms with Crippen LogP contribution >= 0.6 is 11.6 Å². The third kappa shape index (κ3) is 2.47. The summed E-state index contributed by atoms with van der Waals surface area (Å²) < 4.78 is 1.48. The Kier molecular flexibility index (Phi) is 3.15. The van der Waals surface area contributed by atoms with E-state index in [0.29, 0.717) is 16.4 Å². The van der Waals surface area contributed by atoms with Gasteiger partial charge in [0.05, 0.1) is 11.2 Å². The first-order valence-electron chi connectivity index (χ1n) is 5.13. The maximum absolute atomic E-state index is 12.0. The van der Waals surface area contributed by atoms with Gasteiger partial charge in [-0.15, -0.1) is 0 Å². The number of carbonyl (C=O) groups excluding carboxylic acids is 1. The normalized spacial score (nSPS) is 10.5. The molecule has 0 atom stereocenters. The third-order valence-corrected chi connectivity index (χ3v) is 2.75. The molecule has 88 valence electrons. The molecule has 0 saturated carbocycles. The average Bonchev–Trinajstić information content (AvgIpc) is 2.58. The van der Waals surface area contributed by atoms with Gasteiger partial charge in [-0.25, -0.2) is 0 Å². The summed E-state index contributed by atoms with van der Waals surface area (Å²) in [5.74, 6) is -0.0689. The number of halogens is 1. The van der Waals surface area contributed by atoms with Crippen LogP contribution in [-0.2, 0) is 13.5 Å². The number of hydrogen-bond donors (Lipinski definition) is 1. The van der Waals surface area contributed by atoms with Crippen molar-refractivity contribution in [3.63, 3.8) is 0 Å². The predicted octanol–water partition coefficient (Wildman–Crippen LogP) is 2.08. The predicted molar refractivity (Wildman–Crippen MR) is 67.1 cm³/mol. The topological polar surface area (TPSA) is 60.9 Å². The monoisotopic (exact) mass is 249 g/mol. The smallest absolute Gasteiger partial charge is 0.186 e. The lowest BCUT2D eigenvalue weighted by Gasteiger charge is -2.03. The lowest BCUT2D eigenvalue weighted by molar-refractivity contribution is 0.0984. The maximum Gasteiger partial charge on any atom is 0.186 e. The quantitative estimate of drug-likeness (QED) is 0.669. The molecule has 0 aliphatic rings. The van der Waals surface area contributed by atoms with Crippen molar-refractivity contribution in [3.8, 4) is 0 Å². The summed E-state index contributed by atoms with van der Waals surface area (Å²) in [6.07, 6.45) is 1.73. The molecular formula is C12H12ClN3O. The summed E-state index contributed by atoms with van der Waals surface area (Å²) in [4.78, 5) is 12.0. The molecule has 0 aliphatic carbocycles. The van der Waals surface area contributed by atoms with E-state index in [4.69, 9.17) is 17.3 Å². The molecule has 1 aromatic heterocycles. The van der Waals surface area contributed by atoms with Crippen LogP contribution in [0.25, 0.3) is 0 Å². The van der Waals surface area contributed by atoms with Gasteiger partial charge in [-0.1, -0.05) is 23.7 Å². The minimum atomic E-state index is -0.0689. The molecule has 0 fully saturated rings. The van der Waals surface area contributed by atoms with E-state index in [1.807, 2.05) is 12.1 Å². The van der Waals surface area contributed by atoms with E-state index >= 15 is 0 Å². The van der Waals surface area contributed by atoms with Crippen molar-refractivity contribution >= 4 is 23.1 Å². The van der Waals surface area contributed by atoms with Gasteiger partial charge in [0.1, 0.15) is 5.69 Å². The highest BCUT2D eigenvalue weighted by molar-refractivity contribution is 6.33. The lowest BCUT2D eigenvalue weighted by Crippen LogP contribution is -2.10. The largest absolute Gasteiger partial charge is 0.399 e. The van der Waals surface area contributed by atoms with Gasteiger partial charge in [-0.3, -0.25) is 9.48 Å². The number of carbonyl (C=O) groups is 1. The van der Waals surface area contributed by atoms with Crippen molar-refractivity contribution in [2.24, 2.45) is 7.05 Å². The fourth-order valence-corrected chi connectivity index (χ4v) is 1.97. The number of ketones is 1. The van der Waals surface area contributed by atoms with Gasteiger partial charge in [0.25, 0.3) is 0 Å². The molecular weight excluding hydrogens is 238 g/mol. The molecule has 0 unspecified atom stereocenters. The number of Topliss-reactive ketones (excluding diaryl/α,β-unsaturated/α-hetero) is 1. The van der Waals surface area contributed by atoms with Crippen LogP contribution in [0.2, 0.25) is 5.02 Å². The molecule has 5 heteroatoms. The van der Waals surface area contributed by atoms with Gasteiger partial charge in [0, 0.05) is 19.2 Å². The highest BCUT2D eigenvalue weighted by atomic mass is 35.5. The van der Waals surface area contributed by atoms with Gasteiger partial charge in [-0.2, -0.15) is 5.10 Å². The minimum Gasteiger partial charge on any atom is -0.399 e. The van der Waals surface area contributed by atoms with Gasteiger partial charge in [0.2, 0.25) is 0 Å². The van der Waals surface area contributed by atoms with Crippen LogP contribution in [0.1, 0.15) is 16.1 Å². The van der Waals surface area contributed by atoms with E-state index in [0.717, 1.165) is 5.56 Å². The Morgan fingerprint density at radius 1 is 1.53 bits per heavy atom. The molecule has 0 aliphatic heterocycles. The van der Waals surface area contributed by atoms with Crippen molar-refractivity contribution in [1.82, 2.24) is 9.78 Å². The highest BCUT2D eigenvalue weighted by Crippen LogP contribution is 2.17. The van der Waals surface area contributed by atoms with Crippen LogP contribution in [0.5, 0.6) is 0 Å². The molecule has 4 nitrogen and oxygen atoms in total. The Morgan fingerprint density at radius 3 is 2.88 bits per heavy atom. The molecule has 0 amide bonds. The number of aromatic nitrogens is 2. The molecule has 2 N–H and O–H groups in total. The summed E-state index contributed by atoms with van der Waals surface area (Å²) in [7, 11) is 1.69. The summed E-state index contributed by atoms with van der Waals surface area (Å²) in [5.41, 5.74) is 7.60. The standard InChI is InChI=1S/C12H12ClN3O/c1-16-12(10(13)7-15-16)11(17)6-8-3-2-4-9(14)5-8/h2-5,7H,6,14H2,1H3. The summed E-state index contributed by atoms with van der Waals surface area (Å²) in [6.45, 7) is 0. The Hall–Kier alpha value is -1.81. The summed E-state index contributed by atoms with van der Waals surface area (Å²) in [6, 6.07) is 7.24. The first-order valence-corrected chi connectivity index (χ1v) is 5.51. The van der Waals surface area contributed by atoms with E-state index in [-0.39, 0.29) is 12.2 Å². The second kappa shape index (κ2) is 4.59. The Balaban J connectivity index is 2.23. The molecule has 1 heterocycles. The Bertz CT molecular complexity index is 543. The number of hydrogen-bond acceptors (Lipinski definition) is 3. The number of rotatable bonds is 3. The van der Waals surface area contributed by atoms with Crippen molar-refractivity contribution in [2.75, 3.05) is 5.73 Å². The molecule has 0 radical (unpaired) electrons. The van der Waals surface area contributed by atoms with Crippen LogP contribution in [0.3, 0.4) is 0 Å². The maximum atomic E-state index is 12.0. The van der Waals surface area contributed by atoms with E-state index in [2.05, 4.69) is 5.10 Å². The second-order valence-electron chi connectivity index (χ2n) is 3.81. The number of nitrogen functional groups attached to an aromatic ring is 1. The Labute approximate surface area is 104 Å². The third-order valence-electron chi connectivity index (χ3n) is 2.47. The van der Waals surface area contributed by atoms with E-state index in [9.17, 15) is 4.79 Å². The van der Waals surface area contributed by atoms with E-state index in [1.165, 1.54) is 10.9 Å². The van der Waals surface area contributed by atoms with Crippen LogP contribution in [0, 0.1) is 0 Å². The van der Waals surface area contributed by atoms with Gasteiger partial charge in [0.15, 0.2) is 5.78 Å². The summed E-state index contributed by atoms with van der Waals surface area (Å²) >= 11 is 5.91. The number of nitrogens with zero attached hydrogens (tertiary/aromatic N) is 2. The number of aryl methyl sites for hydroxylation is 1. The van der Waals surface area contributed by atoms with Crippen LogP contribution in [0.4, 0.5) is 5.69 Å². The molecule has 2 rings (SSSR count). The van der Waals surface area contributed by atoms with Gasteiger partial charge >= 0.3 is 0 Å². The SMILES string of the molecule is Cn1ncc(Cl)c1C(=O)Cc1cccc(N)c1. The van der Waals surface area contributed by atoms with Crippen molar-refractivity contribution in [2.45, 2.75) is 6.42 Å². The zero-order valence-corrected chi connectivity index (χ0v) is 10.1. The van der Waals surface area contributed by atoms with Gasteiger partial charge < -0.3 is 5.73 Å². The summed E-state index contributed by atoms with van der Waals surface area (Å²) in [5, 5.41) is 4.31. The average molecular weight is 250 g/mol. The first-order chi connectivity index (χ1) is 8.08. The molecule has 1 aromatic carbocycles. The number of benzene rings is 1. The van der Waals surface area contributed by atoms with Crippen LogP contribution in [-0.4, -0.2) is 15.6 Å². The highest BCUT2D eigenvalue weighted by Gasteiger charge is 2.15. The number of nitrogens with two attached hydrogens (primary N) is 1. The van der Waals surface area contributed by atoms with Crippen LogP contribution < -0.4 is 5.73 Å². The zero-order chi connectivity index (χ0) is 12.4. The first kappa shape index (κ1) is 11.7. The minimum absolute atomic E-state index is 0.0689. The van der Waals surface area contributed by atoms with Crippen LogP contribution in [0.15, 0.2) is 30.5 Å². The molecule has 0 saturated heterocycles. The molecule has 0 spiro atoms. The molecule has 0 bridgehead atoms. The zero-order valence-electron chi connectivity index (χ0n) is 9.35. The Morgan fingerprint density at radius 2 is 2.29 bits per heavy atom. The molecule has 17 heavy (non-hydrogen) atoms. The fourth-order valence-electron chi connectivity index (χ4n) is 1.70. The van der Waals surface area contributed by atoms with Gasteiger partial charge in [-0.05, 0) is 17.7 Å². The second-order valence-corrected chi connectivity index (χ2v) is 4.22. The number of anilines is 1. The molecule has 2 aromatic rings. The fraction of sp³-hybridized carbons (Fsp3) is 0.167. The van der Waals surface area contributed by atoms with Crippen molar-refractivity contribution < 1.29 is 4.79 Å².